The minimum Gasteiger partial charge on any atom is -0.458 e. The summed E-state index contributed by atoms with van der Waals surface area (Å²) < 4.78 is 29.1. The van der Waals surface area contributed by atoms with E-state index < -0.39 is 23.0 Å². The minimum absolute atomic E-state index is 0.116. The number of nitrogens with one attached hydrogen (secondary N) is 1. The summed E-state index contributed by atoms with van der Waals surface area (Å²) in [5.74, 6) is 0.392. The summed E-state index contributed by atoms with van der Waals surface area (Å²) in [6, 6.07) is 13.4. The van der Waals surface area contributed by atoms with Crippen LogP contribution in [-0.4, -0.2) is 40.8 Å². The van der Waals surface area contributed by atoms with Crippen LogP contribution in [0.15, 0.2) is 51.4 Å². The average molecular weight is 568 g/mol. The summed E-state index contributed by atoms with van der Waals surface area (Å²) in [6.07, 6.45) is 1.49. The van der Waals surface area contributed by atoms with Gasteiger partial charge in [0.2, 0.25) is 5.82 Å². The van der Waals surface area contributed by atoms with Crippen molar-refractivity contribution in [3.05, 3.63) is 58.8 Å². The van der Waals surface area contributed by atoms with Crippen LogP contribution < -0.4 is 5.32 Å². The molecule has 1 aliphatic heterocycles. The first-order valence-corrected chi connectivity index (χ1v) is 13.7. The molecular formula is C30H34ClN3O6. The fraction of sp³-hybridized carbons (Fsp3) is 0.433. The standard InChI is InChI=1S/C30H34ClN3O6/c1-7-8-18-9-11-19(12-10-18)26-32-25(34-40-26)21-13-20-14-24(38-23(20)15-22(21)31)30(16-36-29(5,6)37-17-30)33-27(35)39-28(2,3)4/h9-15H,7-8,16-17H2,1-6H3,(H,33,35). The van der Waals surface area contributed by atoms with Gasteiger partial charge >= 0.3 is 6.09 Å². The maximum absolute atomic E-state index is 12.8. The topological polar surface area (TPSA) is 109 Å². The molecule has 5 rings (SSSR count). The first-order valence-electron chi connectivity index (χ1n) is 13.3. The second kappa shape index (κ2) is 10.5. The minimum atomic E-state index is -1.12. The van der Waals surface area contributed by atoms with Crippen LogP contribution in [0, 0.1) is 0 Å². The molecule has 1 aliphatic rings. The van der Waals surface area contributed by atoms with E-state index in [4.69, 9.17) is 34.8 Å². The van der Waals surface area contributed by atoms with Crippen LogP contribution in [0.5, 0.6) is 0 Å². The van der Waals surface area contributed by atoms with Crippen LogP contribution in [0.25, 0.3) is 33.8 Å². The maximum atomic E-state index is 12.8. The average Bonchev–Trinajstić information content (AvgIpc) is 3.52. The molecule has 10 heteroatoms. The van der Waals surface area contributed by atoms with Gasteiger partial charge in [0.05, 0.1) is 18.2 Å². The number of rotatable bonds is 6. The smallest absolute Gasteiger partial charge is 0.408 e. The molecule has 2 aromatic heterocycles. The lowest BCUT2D eigenvalue weighted by atomic mass is 9.96. The van der Waals surface area contributed by atoms with Crippen LogP contribution >= 0.6 is 11.6 Å². The number of aromatic nitrogens is 2. The van der Waals surface area contributed by atoms with Crippen LogP contribution in [0.2, 0.25) is 5.02 Å². The molecule has 1 N–H and O–H groups in total. The van der Waals surface area contributed by atoms with Crippen molar-refractivity contribution >= 4 is 28.7 Å². The molecule has 1 fully saturated rings. The van der Waals surface area contributed by atoms with E-state index in [0.29, 0.717) is 33.6 Å². The summed E-state index contributed by atoms with van der Waals surface area (Å²) in [7, 11) is 0. The molecule has 0 bridgehead atoms. The van der Waals surface area contributed by atoms with E-state index in [1.54, 1.807) is 26.8 Å². The predicted molar refractivity (Wildman–Crippen MR) is 151 cm³/mol. The highest BCUT2D eigenvalue weighted by atomic mass is 35.5. The molecule has 0 spiro atoms. The van der Waals surface area contributed by atoms with Crippen molar-refractivity contribution in [2.24, 2.45) is 0 Å². The summed E-state index contributed by atoms with van der Waals surface area (Å²) in [4.78, 5) is 17.4. The molecule has 1 amide bonds. The van der Waals surface area contributed by atoms with Crippen molar-refractivity contribution in [2.75, 3.05) is 13.2 Å². The highest BCUT2D eigenvalue weighted by Crippen LogP contribution is 2.38. The SMILES string of the molecule is CCCc1ccc(-c2nc(-c3cc4cc(C5(NC(=O)OC(C)(C)C)COC(C)(C)OC5)oc4cc3Cl)no2)cc1. The quantitative estimate of drug-likeness (QED) is 0.259. The number of hydrogen-bond acceptors (Lipinski definition) is 8. The van der Waals surface area contributed by atoms with Crippen LogP contribution in [0.4, 0.5) is 4.79 Å². The first-order chi connectivity index (χ1) is 18.9. The number of hydrogen-bond donors (Lipinski definition) is 1. The Kier molecular flexibility index (Phi) is 7.41. The molecule has 212 valence electrons. The summed E-state index contributed by atoms with van der Waals surface area (Å²) >= 11 is 6.65. The second-order valence-corrected chi connectivity index (χ2v) is 11.9. The molecule has 0 saturated carbocycles. The monoisotopic (exact) mass is 567 g/mol. The van der Waals surface area contributed by atoms with E-state index in [2.05, 4.69) is 34.5 Å². The van der Waals surface area contributed by atoms with Crippen molar-refractivity contribution in [2.45, 2.75) is 71.3 Å². The third-order valence-corrected chi connectivity index (χ3v) is 6.87. The van der Waals surface area contributed by atoms with Gasteiger partial charge in [0, 0.05) is 22.6 Å². The summed E-state index contributed by atoms with van der Waals surface area (Å²) in [5, 5.41) is 8.22. The van der Waals surface area contributed by atoms with E-state index in [1.165, 1.54) is 5.56 Å². The molecule has 40 heavy (non-hydrogen) atoms. The summed E-state index contributed by atoms with van der Waals surface area (Å²) in [5.41, 5.74) is 1.40. The van der Waals surface area contributed by atoms with E-state index in [1.807, 2.05) is 38.1 Å². The molecule has 0 radical (unpaired) electrons. The van der Waals surface area contributed by atoms with Gasteiger partial charge < -0.3 is 28.5 Å². The highest BCUT2D eigenvalue weighted by molar-refractivity contribution is 6.34. The second-order valence-electron chi connectivity index (χ2n) is 11.5. The van der Waals surface area contributed by atoms with Crippen molar-refractivity contribution < 1.29 is 27.9 Å². The van der Waals surface area contributed by atoms with Crippen LogP contribution in [0.1, 0.15) is 59.3 Å². The zero-order valence-electron chi connectivity index (χ0n) is 23.6. The molecule has 3 heterocycles. The Morgan fingerprint density at radius 1 is 1.10 bits per heavy atom. The van der Waals surface area contributed by atoms with E-state index in [-0.39, 0.29) is 13.2 Å². The van der Waals surface area contributed by atoms with Gasteiger partial charge in [-0.05, 0) is 70.9 Å². The normalized spacial score (nSPS) is 16.7. The first kappa shape index (κ1) is 28.1. The molecule has 0 aliphatic carbocycles. The Morgan fingerprint density at radius 2 is 1.80 bits per heavy atom. The third-order valence-electron chi connectivity index (χ3n) is 6.56. The van der Waals surface area contributed by atoms with Gasteiger partial charge in [-0.1, -0.05) is 42.2 Å². The molecule has 0 unspecified atom stereocenters. The number of alkyl carbamates (subject to hydrolysis) is 1. The molecular weight excluding hydrogens is 534 g/mol. The number of carbonyl (C=O) groups is 1. The number of carbonyl (C=O) groups excluding carboxylic acids is 1. The fourth-order valence-corrected chi connectivity index (χ4v) is 4.71. The Labute approximate surface area is 238 Å². The lowest BCUT2D eigenvalue weighted by Crippen LogP contribution is -2.59. The lowest BCUT2D eigenvalue weighted by Gasteiger charge is -2.42. The number of halogens is 1. The van der Waals surface area contributed by atoms with Crippen molar-refractivity contribution in [3.8, 4) is 22.8 Å². The lowest BCUT2D eigenvalue weighted by molar-refractivity contribution is -0.274. The van der Waals surface area contributed by atoms with E-state index in [0.717, 1.165) is 23.8 Å². The van der Waals surface area contributed by atoms with Crippen molar-refractivity contribution in [1.82, 2.24) is 15.5 Å². The number of benzene rings is 2. The van der Waals surface area contributed by atoms with Crippen LogP contribution in [-0.2, 0) is 26.2 Å². The number of amides is 1. The van der Waals surface area contributed by atoms with Gasteiger partial charge in [0.25, 0.3) is 5.89 Å². The number of nitrogens with zero attached hydrogens (tertiary/aromatic N) is 2. The van der Waals surface area contributed by atoms with Gasteiger partial charge in [0.1, 0.15) is 22.5 Å². The molecule has 9 nitrogen and oxygen atoms in total. The van der Waals surface area contributed by atoms with Gasteiger partial charge in [-0.15, -0.1) is 0 Å². The zero-order valence-corrected chi connectivity index (χ0v) is 24.3. The van der Waals surface area contributed by atoms with E-state index in [9.17, 15) is 4.79 Å². The van der Waals surface area contributed by atoms with Crippen molar-refractivity contribution in [1.29, 1.82) is 0 Å². The van der Waals surface area contributed by atoms with Crippen LogP contribution in [0.3, 0.4) is 0 Å². The fourth-order valence-electron chi connectivity index (χ4n) is 4.47. The molecule has 0 atom stereocenters. The van der Waals surface area contributed by atoms with Crippen molar-refractivity contribution in [3.63, 3.8) is 0 Å². The Hall–Kier alpha value is -3.40. The Morgan fingerprint density at radius 3 is 2.45 bits per heavy atom. The predicted octanol–water partition coefficient (Wildman–Crippen LogP) is 7.26. The Bertz CT molecular complexity index is 1510. The Balaban J connectivity index is 1.46. The van der Waals surface area contributed by atoms with Gasteiger partial charge in [-0.2, -0.15) is 4.98 Å². The zero-order chi connectivity index (χ0) is 28.7. The highest BCUT2D eigenvalue weighted by Gasteiger charge is 2.46. The largest absolute Gasteiger partial charge is 0.458 e. The molecule has 2 aromatic carbocycles. The number of aryl methyl sites for hydroxylation is 1. The number of ether oxygens (including phenoxy) is 3. The third kappa shape index (κ3) is 6.01. The van der Waals surface area contributed by atoms with E-state index >= 15 is 0 Å². The van der Waals surface area contributed by atoms with Gasteiger partial charge in [-0.3, -0.25) is 0 Å². The number of furan rings is 1. The molecule has 1 saturated heterocycles. The molecule has 4 aromatic rings. The van der Waals surface area contributed by atoms with Gasteiger partial charge in [-0.25, -0.2) is 4.79 Å². The summed E-state index contributed by atoms with van der Waals surface area (Å²) in [6.45, 7) is 11.4. The number of fused-ring (bicyclic) bond motifs is 1. The maximum Gasteiger partial charge on any atom is 0.408 e. The van der Waals surface area contributed by atoms with Gasteiger partial charge in [0.15, 0.2) is 5.79 Å².